The molecule has 0 N–H and O–H groups in total. The molecule has 21 heavy (non-hydrogen) atoms. The van der Waals surface area contributed by atoms with Crippen molar-refractivity contribution >= 4 is 5.78 Å². The lowest BCUT2D eigenvalue weighted by molar-refractivity contribution is -0.120. The molecule has 1 saturated carbocycles. The maximum Gasteiger partial charge on any atom is 0.138 e. The number of hydrogen-bond acceptors (Lipinski definition) is 1. The SMILES string of the molecule is CCCCc1ccc2c(c1)CC(=O)CC21CC2=CCC1C2. The molecule has 1 fully saturated rings. The first-order valence-electron chi connectivity index (χ1n) is 8.53. The summed E-state index contributed by atoms with van der Waals surface area (Å²) in [5.41, 5.74) is 6.04. The van der Waals surface area contributed by atoms with Gasteiger partial charge in [-0.15, -0.1) is 0 Å². The molecule has 0 aliphatic heterocycles. The summed E-state index contributed by atoms with van der Waals surface area (Å²) in [4.78, 5) is 12.4. The smallest absolute Gasteiger partial charge is 0.138 e. The lowest BCUT2D eigenvalue weighted by Crippen LogP contribution is -2.39. The normalized spacial score (nSPS) is 29.9. The second-order valence-corrected chi connectivity index (χ2v) is 7.32. The molecule has 0 radical (unpaired) electrons. The highest BCUT2D eigenvalue weighted by Crippen LogP contribution is 2.58. The van der Waals surface area contributed by atoms with Crippen molar-refractivity contribution in [2.24, 2.45) is 5.92 Å². The molecule has 3 aliphatic rings. The van der Waals surface area contributed by atoms with Crippen molar-refractivity contribution in [1.29, 1.82) is 0 Å². The van der Waals surface area contributed by atoms with Gasteiger partial charge in [0.1, 0.15) is 5.78 Å². The Morgan fingerprint density at radius 2 is 2.19 bits per heavy atom. The molecule has 0 amide bonds. The minimum atomic E-state index is 0.165. The van der Waals surface area contributed by atoms with Crippen LogP contribution in [0.25, 0.3) is 0 Å². The molecule has 2 unspecified atom stereocenters. The Hall–Kier alpha value is -1.37. The van der Waals surface area contributed by atoms with E-state index in [-0.39, 0.29) is 5.41 Å². The molecule has 110 valence electrons. The number of benzene rings is 1. The van der Waals surface area contributed by atoms with Crippen molar-refractivity contribution < 1.29 is 4.79 Å². The Morgan fingerprint density at radius 3 is 2.90 bits per heavy atom. The molecule has 1 nitrogen and oxygen atoms in total. The van der Waals surface area contributed by atoms with Crippen LogP contribution in [-0.2, 0) is 23.1 Å². The van der Waals surface area contributed by atoms with Crippen LogP contribution >= 0.6 is 0 Å². The Kier molecular flexibility index (Phi) is 3.06. The number of allylic oxidation sites excluding steroid dienone is 2. The quantitative estimate of drug-likeness (QED) is 0.744. The van der Waals surface area contributed by atoms with Gasteiger partial charge in [0.25, 0.3) is 0 Å². The van der Waals surface area contributed by atoms with E-state index in [1.807, 2.05) is 0 Å². The van der Waals surface area contributed by atoms with Gasteiger partial charge < -0.3 is 0 Å². The zero-order chi connectivity index (χ0) is 14.4. The number of Topliss-reactive ketones (excluding diaryl/α,β-unsaturated/α-hetero) is 1. The fourth-order valence-corrected chi connectivity index (χ4v) is 4.97. The van der Waals surface area contributed by atoms with E-state index in [9.17, 15) is 4.79 Å². The van der Waals surface area contributed by atoms with Crippen LogP contribution in [0.1, 0.15) is 62.1 Å². The van der Waals surface area contributed by atoms with Gasteiger partial charge in [-0.05, 0) is 54.7 Å². The van der Waals surface area contributed by atoms with Gasteiger partial charge in [0.2, 0.25) is 0 Å². The molecule has 0 aromatic heterocycles. The summed E-state index contributed by atoms with van der Waals surface area (Å²) >= 11 is 0. The second-order valence-electron chi connectivity index (χ2n) is 7.32. The third-order valence-electron chi connectivity index (χ3n) is 5.95. The van der Waals surface area contributed by atoms with Gasteiger partial charge in [-0.2, -0.15) is 0 Å². The molecule has 1 spiro atoms. The third kappa shape index (κ3) is 2.01. The summed E-state index contributed by atoms with van der Waals surface area (Å²) < 4.78 is 0. The maximum absolute atomic E-state index is 12.4. The van der Waals surface area contributed by atoms with Crippen LogP contribution in [0, 0.1) is 5.92 Å². The minimum Gasteiger partial charge on any atom is -0.299 e. The summed E-state index contributed by atoms with van der Waals surface area (Å²) in [5.74, 6) is 1.15. The predicted octanol–water partition coefficient (Wildman–Crippen LogP) is 4.52. The maximum atomic E-state index is 12.4. The van der Waals surface area contributed by atoms with Gasteiger partial charge in [-0.25, -0.2) is 0 Å². The molecule has 2 atom stereocenters. The van der Waals surface area contributed by atoms with Gasteiger partial charge in [0, 0.05) is 18.3 Å². The number of aryl methyl sites for hydroxylation is 1. The highest BCUT2D eigenvalue weighted by Gasteiger charge is 2.51. The second kappa shape index (κ2) is 4.83. The fourth-order valence-electron chi connectivity index (χ4n) is 4.97. The van der Waals surface area contributed by atoms with Crippen LogP contribution in [0.3, 0.4) is 0 Å². The van der Waals surface area contributed by atoms with Crippen LogP contribution in [0.4, 0.5) is 0 Å². The summed E-state index contributed by atoms with van der Waals surface area (Å²) in [6.07, 6.45) is 11.1. The topological polar surface area (TPSA) is 17.1 Å². The molecule has 1 aromatic carbocycles. The van der Waals surface area contributed by atoms with E-state index in [1.165, 1.54) is 42.4 Å². The molecule has 0 heterocycles. The van der Waals surface area contributed by atoms with Crippen LogP contribution in [-0.4, -0.2) is 5.78 Å². The van der Waals surface area contributed by atoms with Crippen molar-refractivity contribution in [3.05, 3.63) is 46.5 Å². The molecule has 3 aliphatic carbocycles. The van der Waals surface area contributed by atoms with E-state index in [0.29, 0.717) is 18.1 Å². The Balaban J connectivity index is 1.74. The zero-order valence-corrected chi connectivity index (χ0v) is 13.0. The first-order valence-corrected chi connectivity index (χ1v) is 8.53. The molecular formula is C20H24O. The zero-order valence-electron chi connectivity index (χ0n) is 13.0. The molecule has 1 heteroatoms. The Bertz CT molecular complexity index is 625. The van der Waals surface area contributed by atoms with Gasteiger partial charge in [0.15, 0.2) is 0 Å². The largest absolute Gasteiger partial charge is 0.299 e. The van der Waals surface area contributed by atoms with Crippen molar-refractivity contribution in [2.75, 3.05) is 0 Å². The molecule has 2 bridgehead atoms. The van der Waals surface area contributed by atoms with Crippen LogP contribution in [0.2, 0.25) is 0 Å². The van der Waals surface area contributed by atoms with Crippen LogP contribution < -0.4 is 0 Å². The fraction of sp³-hybridized carbons (Fsp3) is 0.550. The minimum absolute atomic E-state index is 0.165. The average Bonchev–Trinajstić information content (AvgIpc) is 3.05. The van der Waals surface area contributed by atoms with E-state index < -0.39 is 0 Å². The van der Waals surface area contributed by atoms with Gasteiger partial charge in [-0.1, -0.05) is 43.2 Å². The number of fused-ring (bicyclic) bond motifs is 5. The first kappa shape index (κ1) is 13.3. The standard InChI is InChI=1S/C20H24O/c1-2-3-4-14-6-8-19-16(9-14)11-18(21)13-20(19)12-15-5-7-17(20)10-15/h5-6,8-9,17H,2-4,7,10-13H2,1H3. The number of ketones is 1. The van der Waals surface area contributed by atoms with Gasteiger partial charge in [-0.3, -0.25) is 4.79 Å². The number of hydrogen-bond donors (Lipinski definition) is 0. The highest BCUT2D eigenvalue weighted by molar-refractivity contribution is 5.85. The number of carbonyl (C=O) groups excluding carboxylic acids is 1. The monoisotopic (exact) mass is 280 g/mol. The lowest BCUT2D eigenvalue weighted by atomic mass is 9.62. The molecular weight excluding hydrogens is 256 g/mol. The first-order chi connectivity index (χ1) is 10.2. The number of rotatable bonds is 3. The van der Waals surface area contributed by atoms with E-state index in [1.54, 1.807) is 5.57 Å². The average molecular weight is 280 g/mol. The van der Waals surface area contributed by atoms with E-state index in [0.717, 1.165) is 19.3 Å². The van der Waals surface area contributed by atoms with Crippen LogP contribution in [0.15, 0.2) is 29.8 Å². The third-order valence-corrected chi connectivity index (χ3v) is 5.95. The Morgan fingerprint density at radius 1 is 1.29 bits per heavy atom. The summed E-state index contributed by atoms with van der Waals surface area (Å²) in [6.45, 7) is 2.24. The molecule has 4 rings (SSSR count). The molecule has 0 saturated heterocycles. The van der Waals surface area contributed by atoms with Crippen molar-refractivity contribution in [3.63, 3.8) is 0 Å². The van der Waals surface area contributed by atoms with Gasteiger partial charge in [0.05, 0.1) is 0 Å². The summed E-state index contributed by atoms with van der Waals surface area (Å²) in [5, 5.41) is 0. The van der Waals surface area contributed by atoms with Gasteiger partial charge >= 0.3 is 0 Å². The van der Waals surface area contributed by atoms with Crippen molar-refractivity contribution in [3.8, 4) is 0 Å². The summed E-state index contributed by atoms with van der Waals surface area (Å²) in [7, 11) is 0. The summed E-state index contributed by atoms with van der Waals surface area (Å²) in [6, 6.07) is 7.03. The highest BCUT2D eigenvalue weighted by atomic mass is 16.1. The molecule has 1 aromatic rings. The Labute approximate surface area is 127 Å². The predicted molar refractivity (Wildman–Crippen MR) is 85.5 cm³/mol. The number of carbonyl (C=O) groups is 1. The van der Waals surface area contributed by atoms with Crippen molar-refractivity contribution in [2.45, 2.75) is 63.7 Å². The van der Waals surface area contributed by atoms with Crippen molar-refractivity contribution in [1.82, 2.24) is 0 Å². The number of unbranched alkanes of at least 4 members (excludes halogenated alkanes) is 1. The van der Waals surface area contributed by atoms with E-state index in [2.05, 4.69) is 31.2 Å². The van der Waals surface area contributed by atoms with E-state index in [4.69, 9.17) is 0 Å². The lowest BCUT2D eigenvalue weighted by Gasteiger charge is -2.41. The van der Waals surface area contributed by atoms with E-state index >= 15 is 0 Å². The van der Waals surface area contributed by atoms with Crippen LogP contribution in [0.5, 0.6) is 0 Å².